The van der Waals surface area contributed by atoms with E-state index in [0.29, 0.717) is 33.4 Å². The first-order valence-electron chi connectivity index (χ1n) is 7.54. The number of rotatable bonds is 4. The lowest BCUT2D eigenvalue weighted by Gasteiger charge is -2.19. The normalized spacial score (nSPS) is 16.5. The summed E-state index contributed by atoms with van der Waals surface area (Å²) in [7, 11) is 1.30. The molecule has 0 bridgehead atoms. The van der Waals surface area contributed by atoms with Gasteiger partial charge in [0.05, 0.1) is 28.3 Å². The van der Waals surface area contributed by atoms with Crippen LogP contribution in [-0.4, -0.2) is 30.4 Å². The lowest BCUT2D eigenvalue weighted by molar-refractivity contribution is -0.136. The molecular formula is C18H19Cl2NO3. The van der Waals surface area contributed by atoms with E-state index in [1.54, 1.807) is 36.1 Å². The van der Waals surface area contributed by atoms with Gasteiger partial charge in [-0.2, -0.15) is 0 Å². The van der Waals surface area contributed by atoms with Crippen molar-refractivity contribution in [2.75, 3.05) is 13.7 Å². The van der Waals surface area contributed by atoms with Crippen molar-refractivity contribution in [2.45, 2.75) is 20.8 Å². The number of hydrogen-bond donors (Lipinski definition) is 0. The molecular weight excluding hydrogens is 349 g/mol. The summed E-state index contributed by atoms with van der Waals surface area (Å²) in [6.07, 6.45) is 1.64. The fraction of sp³-hybridized carbons (Fsp3) is 0.333. The van der Waals surface area contributed by atoms with Gasteiger partial charge < -0.3 is 9.64 Å². The van der Waals surface area contributed by atoms with Gasteiger partial charge in [-0.3, -0.25) is 4.79 Å². The van der Waals surface area contributed by atoms with Crippen LogP contribution in [0.2, 0.25) is 10.0 Å². The Morgan fingerprint density at radius 2 is 1.96 bits per heavy atom. The molecule has 0 radical (unpaired) electrons. The van der Waals surface area contributed by atoms with Crippen molar-refractivity contribution in [2.24, 2.45) is 5.92 Å². The maximum Gasteiger partial charge on any atom is 0.340 e. The van der Waals surface area contributed by atoms with Crippen LogP contribution in [0.1, 0.15) is 26.3 Å². The van der Waals surface area contributed by atoms with Gasteiger partial charge in [0, 0.05) is 12.2 Å². The number of allylic oxidation sites excluding steroid dienone is 1. The molecule has 2 rings (SSSR count). The van der Waals surface area contributed by atoms with Crippen LogP contribution >= 0.6 is 23.2 Å². The minimum Gasteiger partial charge on any atom is -0.465 e. The number of halogens is 2. The SMILES string of the molecule is COC(=O)C1=C(C)N(CC(C)C)C(=O)/C1=C/c1ccc(Cl)c(Cl)c1. The van der Waals surface area contributed by atoms with Crippen molar-refractivity contribution in [3.63, 3.8) is 0 Å². The van der Waals surface area contributed by atoms with Crippen LogP contribution in [0.25, 0.3) is 6.08 Å². The van der Waals surface area contributed by atoms with Crippen LogP contribution in [0.5, 0.6) is 0 Å². The van der Waals surface area contributed by atoms with E-state index in [2.05, 4.69) is 0 Å². The molecule has 0 saturated heterocycles. The lowest BCUT2D eigenvalue weighted by atomic mass is 10.0. The first kappa shape index (κ1) is 18.6. The minimum atomic E-state index is -0.529. The Labute approximate surface area is 151 Å². The Balaban J connectivity index is 2.53. The molecule has 128 valence electrons. The van der Waals surface area contributed by atoms with Crippen LogP contribution in [0.4, 0.5) is 0 Å². The quantitative estimate of drug-likeness (QED) is 0.587. The highest BCUT2D eigenvalue weighted by Gasteiger charge is 2.37. The zero-order valence-electron chi connectivity index (χ0n) is 14.0. The number of hydrogen-bond acceptors (Lipinski definition) is 3. The van der Waals surface area contributed by atoms with Gasteiger partial charge in [0.15, 0.2) is 0 Å². The van der Waals surface area contributed by atoms with Crippen molar-refractivity contribution in [1.82, 2.24) is 4.90 Å². The van der Waals surface area contributed by atoms with Crippen molar-refractivity contribution in [1.29, 1.82) is 0 Å². The van der Waals surface area contributed by atoms with Gasteiger partial charge in [0.2, 0.25) is 0 Å². The predicted molar refractivity (Wildman–Crippen MR) is 95.7 cm³/mol. The van der Waals surface area contributed by atoms with E-state index in [-0.39, 0.29) is 17.4 Å². The predicted octanol–water partition coefficient (Wildman–Crippen LogP) is 4.32. The van der Waals surface area contributed by atoms with Crippen molar-refractivity contribution in [3.05, 3.63) is 50.7 Å². The Bertz CT molecular complexity index is 751. The fourth-order valence-electron chi connectivity index (χ4n) is 2.58. The standard InChI is InChI=1S/C18H19Cl2NO3/c1-10(2)9-21-11(3)16(18(23)24-4)13(17(21)22)7-12-5-6-14(19)15(20)8-12/h5-8,10H,9H2,1-4H3/b13-7+. The molecule has 1 aliphatic heterocycles. The van der Waals surface area contributed by atoms with E-state index < -0.39 is 5.97 Å². The summed E-state index contributed by atoms with van der Waals surface area (Å²) in [4.78, 5) is 26.6. The smallest absolute Gasteiger partial charge is 0.340 e. The minimum absolute atomic E-state index is 0.215. The largest absolute Gasteiger partial charge is 0.465 e. The highest BCUT2D eigenvalue weighted by atomic mass is 35.5. The zero-order chi connectivity index (χ0) is 18.0. The molecule has 1 aromatic rings. The van der Waals surface area contributed by atoms with E-state index in [9.17, 15) is 9.59 Å². The second-order valence-corrected chi connectivity index (χ2v) is 6.81. The number of esters is 1. The molecule has 0 aliphatic carbocycles. The molecule has 1 aromatic carbocycles. The van der Waals surface area contributed by atoms with Gasteiger partial charge in [0.25, 0.3) is 5.91 Å². The van der Waals surface area contributed by atoms with E-state index in [1.165, 1.54) is 7.11 Å². The van der Waals surface area contributed by atoms with Crippen LogP contribution in [0.15, 0.2) is 35.0 Å². The van der Waals surface area contributed by atoms with Crippen LogP contribution in [0.3, 0.4) is 0 Å². The molecule has 24 heavy (non-hydrogen) atoms. The maximum absolute atomic E-state index is 12.8. The number of amides is 1. The molecule has 1 heterocycles. The second kappa shape index (κ2) is 7.41. The fourth-order valence-corrected chi connectivity index (χ4v) is 2.89. The van der Waals surface area contributed by atoms with Gasteiger partial charge in [-0.15, -0.1) is 0 Å². The average Bonchev–Trinajstić information content (AvgIpc) is 2.74. The maximum atomic E-state index is 12.8. The molecule has 4 nitrogen and oxygen atoms in total. The third-order valence-electron chi connectivity index (χ3n) is 3.70. The molecule has 0 saturated carbocycles. The molecule has 0 spiro atoms. The van der Waals surface area contributed by atoms with Gasteiger partial charge in [-0.25, -0.2) is 4.79 Å². The third-order valence-corrected chi connectivity index (χ3v) is 4.44. The molecule has 1 aliphatic rings. The monoisotopic (exact) mass is 367 g/mol. The van der Waals surface area contributed by atoms with Crippen molar-refractivity contribution >= 4 is 41.2 Å². The number of nitrogens with zero attached hydrogens (tertiary/aromatic N) is 1. The highest BCUT2D eigenvalue weighted by Crippen LogP contribution is 2.33. The molecule has 0 unspecified atom stereocenters. The number of ether oxygens (including phenoxy) is 1. The molecule has 0 N–H and O–H groups in total. The van der Waals surface area contributed by atoms with E-state index >= 15 is 0 Å². The van der Waals surface area contributed by atoms with Crippen LogP contribution in [-0.2, 0) is 14.3 Å². The average molecular weight is 368 g/mol. The van der Waals surface area contributed by atoms with Gasteiger partial charge in [0.1, 0.15) is 0 Å². The molecule has 0 fully saturated rings. The van der Waals surface area contributed by atoms with Crippen molar-refractivity contribution in [3.8, 4) is 0 Å². The zero-order valence-corrected chi connectivity index (χ0v) is 15.5. The summed E-state index contributed by atoms with van der Waals surface area (Å²) in [5.41, 5.74) is 1.88. The Kier molecular flexibility index (Phi) is 5.73. The lowest BCUT2D eigenvalue weighted by Crippen LogP contribution is -2.28. The summed E-state index contributed by atoms with van der Waals surface area (Å²) in [6.45, 7) is 6.31. The Morgan fingerprint density at radius 3 is 2.50 bits per heavy atom. The topological polar surface area (TPSA) is 46.6 Å². The highest BCUT2D eigenvalue weighted by molar-refractivity contribution is 6.42. The van der Waals surface area contributed by atoms with Gasteiger partial charge >= 0.3 is 5.97 Å². The van der Waals surface area contributed by atoms with Crippen LogP contribution in [0, 0.1) is 5.92 Å². The number of carbonyl (C=O) groups excluding carboxylic acids is 2. The summed E-state index contributed by atoms with van der Waals surface area (Å²) in [6, 6.07) is 5.04. The van der Waals surface area contributed by atoms with Crippen molar-refractivity contribution < 1.29 is 14.3 Å². The van der Waals surface area contributed by atoms with Crippen LogP contribution < -0.4 is 0 Å². The summed E-state index contributed by atoms with van der Waals surface area (Å²) >= 11 is 11.9. The van der Waals surface area contributed by atoms with E-state index in [0.717, 1.165) is 0 Å². The van der Waals surface area contributed by atoms with E-state index in [4.69, 9.17) is 27.9 Å². The Hall–Kier alpha value is -1.78. The number of methoxy groups -OCH3 is 1. The first-order valence-corrected chi connectivity index (χ1v) is 8.30. The van der Waals surface area contributed by atoms with Gasteiger partial charge in [-0.05, 0) is 36.6 Å². The summed E-state index contributed by atoms with van der Waals surface area (Å²) in [5, 5.41) is 0.814. The molecule has 1 amide bonds. The summed E-state index contributed by atoms with van der Waals surface area (Å²) in [5.74, 6) is -0.474. The second-order valence-electron chi connectivity index (χ2n) is 5.99. The Morgan fingerprint density at radius 1 is 1.29 bits per heavy atom. The summed E-state index contributed by atoms with van der Waals surface area (Å²) < 4.78 is 4.85. The number of carbonyl (C=O) groups is 2. The molecule has 0 atom stereocenters. The molecule has 0 aromatic heterocycles. The van der Waals surface area contributed by atoms with Gasteiger partial charge in [-0.1, -0.05) is 43.1 Å². The third kappa shape index (κ3) is 3.65. The number of benzene rings is 1. The van der Waals surface area contributed by atoms with E-state index in [1.807, 2.05) is 13.8 Å². The molecule has 6 heteroatoms. The first-order chi connectivity index (χ1) is 11.3.